The zero-order valence-corrected chi connectivity index (χ0v) is 14.2. The molecule has 1 saturated carbocycles. The van der Waals surface area contributed by atoms with Crippen LogP contribution in [0.25, 0.3) is 0 Å². The van der Waals surface area contributed by atoms with E-state index in [2.05, 4.69) is 42.2 Å². The second-order valence-corrected chi connectivity index (χ2v) is 6.72. The van der Waals surface area contributed by atoms with E-state index in [-0.39, 0.29) is 5.82 Å². The van der Waals surface area contributed by atoms with Gasteiger partial charge in [0.05, 0.1) is 4.47 Å². The lowest BCUT2D eigenvalue weighted by atomic mass is 10.2. The van der Waals surface area contributed by atoms with Gasteiger partial charge in [-0.25, -0.2) is 9.37 Å². The normalized spacial score (nSPS) is 14.2. The second-order valence-electron chi connectivity index (χ2n) is 4.95. The number of pyridine rings is 1. The highest BCUT2D eigenvalue weighted by atomic mass is 79.9. The summed E-state index contributed by atoms with van der Waals surface area (Å²) in [7, 11) is 0. The zero-order chi connectivity index (χ0) is 14.8. The van der Waals surface area contributed by atoms with E-state index >= 15 is 0 Å². The lowest BCUT2D eigenvalue weighted by Gasteiger charge is -2.12. The molecule has 1 aliphatic rings. The van der Waals surface area contributed by atoms with Gasteiger partial charge in [-0.2, -0.15) is 0 Å². The van der Waals surface area contributed by atoms with Gasteiger partial charge < -0.3 is 10.1 Å². The van der Waals surface area contributed by atoms with Crippen LogP contribution in [0.15, 0.2) is 39.4 Å². The molecule has 110 valence electrons. The molecule has 0 bridgehead atoms. The molecule has 3 rings (SSSR count). The van der Waals surface area contributed by atoms with E-state index in [9.17, 15) is 4.39 Å². The van der Waals surface area contributed by atoms with Crippen LogP contribution in [0.1, 0.15) is 18.4 Å². The topological polar surface area (TPSA) is 34.1 Å². The maximum Gasteiger partial charge on any atom is 0.223 e. The molecule has 0 radical (unpaired) electrons. The Kier molecular flexibility index (Phi) is 4.57. The minimum atomic E-state index is -0.311. The third-order valence-corrected chi connectivity index (χ3v) is 4.20. The third-order valence-electron chi connectivity index (χ3n) is 3.15. The molecular weight excluding hydrogens is 403 g/mol. The quantitative estimate of drug-likeness (QED) is 0.762. The molecule has 0 unspecified atom stereocenters. The summed E-state index contributed by atoms with van der Waals surface area (Å²) in [4.78, 5) is 4.31. The summed E-state index contributed by atoms with van der Waals surface area (Å²) in [6.07, 6.45) is 4.13. The van der Waals surface area contributed by atoms with E-state index in [4.69, 9.17) is 4.74 Å². The van der Waals surface area contributed by atoms with Crippen LogP contribution in [-0.4, -0.2) is 11.0 Å². The highest BCUT2D eigenvalue weighted by molar-refractivity contribution is 9.10. The maximum atomic E-state index is 13.1. The van der Waals surface area contributed by atoms with Crippen LogP contribution in [0.3, 0.4) is 0 Å². The average Bonchev–Trinajstić information content (AvgIpc) is 3.26. The third kappa shape index (κ3) is 4.02. The van der Waals surface area contributed by atoms with E-state index in [1.54, 1.807) is 12.3 Å². The van der Waals surface area contributed by atoms with Crippen molar-refractivity contribution >= 4 is 31.9 Å². The Balaban J connectivity index is 1.82. The van der Waals surface area contributed by atoms with Gasteiger partial charge in [-0.1, -0.05) is 0 Å². The SMILES string of the molecule is Fc1ccc(Oc2ncc(Br)cc2CNC2CC2)c(Br)c1. The fraction of sp³-hybridized carbons (Fsp3) is 0.267. The van der Waals surface area contributed by atoms with Crippen LogP contribution in [0.5, 0.6) is 11.6 Å². The Labute approximate surface area is 139 Å². The zero-order valence-electron chi connectivity index (χ0n) is 11.1. The van der Waals surface area contributed by atoms with Crippen molar-refractivity contribution in [2.24, 2.45) is 0 Å². The first kappa shape index (κ1) is 14.9. The molecule has 1 fully saturated rings. The van der Waals surface area contributed by atoms with Crippen molar-refractivity contribution in [2.45, 2.75) is 25.4 Å². The van der Waals surface area contributed by atoms with Crippen LogP contribution in [0, 0.1) is 5.82 Å². The van der Waals surface area contributed by atoms with Gasteiger partial charge in [-0.05, 0) is 69.0 Å². The Hall–Kier alpha value is -0.980. The smallest absolute Gasteiger partial charge is 0.223 e. The van der Waals surface area contributed by atoms with E-state index in [0.717, 1.165) is 10.0 Å². The Bertz CT molecular complexity index is 662. The van der Waals surface area contributed by atoms with Gasteiger partial charge in [0.25, 0.3) is 0 Å². The van der Waals surface area contributed by atoms with Crippen LogP contribution >= 0.6 is 31.9 Å². The summed E-state index contributed by atoms with van der Waals surface area (Å²) >= 11 is 6.72. The number of hydrogen-bond acceptors (Lipinski definition) is 3. The van der Waals surface area contributed by atoms with E-state index < -0.39 is 0 Å². The number of hydrogen-bond donors (Lipinski definition) is 1. The largest absolute Gasteiger partial charge is 0.438 e. The predicted octanol–water partition coefficient (Wildman–Crippen LogP) is 4.79. The molecule has 6 heteroatoms. The lowest BCUT2D eigenvalue weighted by molar-refractivity contribution is 0.448. The molecule has 0 amide bonds. The monoisotopic (exact) mass is 414 g/mol. The number of halogens is 3. The van der Waals surface area contributed by atoms with E-state index in [1.165, 1.54) is 25.0 Å². The molecule has 1 aromatic heterocycles. The van der Waals surface area contributed by atoms with Gasteiger partial charge in [0, 0.05) is 28.8 Å². The van der Waals surface area contributed by atoms with Gasteiger partial charge in [0.1, 0.15) is 11.6 Å². The van der Waals surface area contributed by atoms with Crippen LogP contribution in [0.2, 0.25) is 0 Å². The minimum Gasteiger partial charge on any atom is -0.438 e. The Morgan fingerprint density at radius 3 is 2.81 bits per heavy atom. The summed E-state index contributed by atoms with van der Waals surface area (Å²) in [6, 6.07) is 6.91. The highest BCUT2D eigenvalue weighted by Crippen LogP contribution is 2.32. The molecule has 2 aromatic rings. The van der Waals surface area contributed by atoms with E-state index in [1.807, 2.05) is 6.07 Å². The number of benzene rings is 1. The van der Waals surface area contributed by atoms with Crippen molar-refractivity contribution < 1.29 is 9.13 Å². The van der Waals surface area contributed by atoms with Crippen LogP contribution < -0.4 is 10.1 Å². The van der Waals surface area contributed by atoms with E-state index in [0.29, 0.717) is 28.7 Å². The maximum absolute atomic E-state index is 13.1. The molecule has 21 heavy (non-hydrogen) atoms. The van der Waals surface area contributed by atoms with Crippen molar-refractivity contribution in [1.29, 1.82) is 0 Å². The Morgan fingerprint density at radius 2 is 2.10 bits per heavy atom. The molecule has 3 nitrogen and oxygen atoms in total. The number of nitrogens with one attached hydrogen (secondary N) is 1. The van der Waals surface area contributed by atoms with Crippen LogP contribution in [0.4, 0.5) is 4.39 Å². The Morgan fingerprint density at radius 1 is 1.29 bits per heavy atom. The summed E-state index contributed by atoms with van der Waals surface area (Å²) in [5, 5.41) is 3.44. The number of aromatic nitrogens is 1. The first-order chi connectivity index (χ1) is 10.1. The summed E-state index contributed by atoms with van der Waals surface area (Å²) in [5.41, 5.74) is 0.965. The van der Waals surface area contributed by atoms with Crippen LogP contribution in [-0.2, 0) is 6.54 Å². The predicted molar refractivity (Wildman–Crippen MR) is 86.0 cm³/mol. The molecule has 1 aromatic carbocycles. The lowest BCUT2D eigenvalue weighted by Crippen LogP contribution is -2.16. The molecule has 0 atom stereocenters. The van der Waals surface area contributed by atoms with Crippen molar-refractivity contribution in [3.8, 4) is 11.6 Å². The second kappa shape index (κ2) is 6.42. The van der Waals surface area contributed by atoms with Gasteiger partial charge >= 0.3 is 0 Å². The molecular formula is C15H13Br2FN2O. The van der Waals surface area contributed by atoms with Crippen molar-refractivity contribution in [3.05, 3.63) is 50.8 Å². The standard InChI is InChI=1S/C15H13Br2FN2O/c16-10-5-9(7-19-12-2-3-12)15(20-8-10)21-14-4-1-11(18)6-13(14)17/h1,4-6,8,12,19H,2-3,7H2. The van der Waals surface area contributed by atoms with Gasteiger partial charge in [0.15, 0.2) is 0 Å². The molecule has 1 N–H and O–H groups in total. The number of nitrogens with zero attached hydrogens (tertiary/aromatic N) is 1. The molecule has 1 heterocycles. The number of rotatable bonds is 5. The van der Waals surface area contributed by atoms with Crippen molar-refractivity contribution in [1.82, 2.24) is 10.3 Å². The van der Waals surface area contributed by atoms with Crippen molar-refractivity contribution in [2.75, 3.05) is 0 Å². The molecule has 1 aliphatic carbocycles. The fourth-order valence-electron chi connectivity index (χ4n) is 1.89. The molecule has 0 aliphatic heterocycles. The fourth-order valence-corrected chi connectivity index (χ4v) is 2.70. The minimum absolute atomic E-state index is 0.311. The highest BCUT2D eigenvalue weighted by Gasteiger charge is 2.21. The first-order valence-electron chi connectivity index (χ1n) is 6.62. The van der Waals surface area contributed by atoms with Gasteiger partial charge in [0.2, 0.25) is 5.88 Å². The van der Waals surface area contributed by atoms with Gasteiger partial charge in [-0.3, -0.25) is 0 Å². The van der Waals surface area contributed by atoms with Crippen molar-refractivity contribution in [3.63, 3.8) is 0 Å². The summed E-state index contributed by atoms with van der Waals surface area (Å²) in [5.74, 6) is 0.756. The average molecular weight is 416 g/mol. The summed E-state index contributed by atoms with van der Waals surface area (Å²) in [6.45, 7) is 0.700. The molecule has 0 spiro atoms. The first-order valence-corrected chi connectivity index (χ1v) is 8.21. The van der Waals surface area contributed by atoms with Gasteiger partial charge in [-0.15, -0.1) is 0 Å². The summed E-state index contributed by atoms with van der Waals surface area (Å²) < 4.78 is 20.4. The number of ether oxygens (including phenoxy) is 1. The molecule has 0 saturated heterocycles.